The van der Waals surface area contributed by atoms with Gasteiger partial charge >= 0.3 is 5.97 Å². The smallest absolute Gasteiger partial charge is 0.305 e. The first-order valence-corrected chi connectivity index (χ1v) is 29.7. The normalized spacial score (nSPS) is 12.8. The number of nitrogens with one attached hydrogen (secondary N) is 1. The summed E-state index contributed by atoms with van der Waals surface area (Å²) in [5.74, 6) is -0.0842. The van der Waals surface area contributed by atoms with Crippen molar-refractivity contribution < 1.29 is 24.5 Å². The number of carbonyl (C=O) groups excluding carboxylic acids is 2. The molecule has 6 heteroatoms. The van der Waals surface area contributed by atoms with E-state index < -0.39 is 12.1 Å². The number of hydrogen-bond acceptors (Lipinski definition) is 5. The largest absolute Gasteiger partial charge is 0.465 e. The summed E-state index contributed by atoms with van der Waals surface area (Å²) in [4.78, 5) is 24.4. The van der Waals surface area contributed by atoms with E-state index in [2.05, 4.69) is 55.6 Å². The SMILES string of the molecule is CCCC/C=C\CCCCCCCC(=O)OCC/C=C\C/C=C\CCCCCCCCCCCCCCCCC(=O)NC(CO)C(O)CCCCCCCCCCCCCCCCCCCC. The first kappa shape index (κ1) is 65.1. The summed E-state index contributed by atoms with van der Waals surface area (Å²) < 4.78 is 5.39. The second kappa shape index (κ2) is 56.7. The second-order valence-corrected chi connectivity index (χ2v) is 20.3. The highest BCUT2D eigenvalue weighted by molar-refractivity contribution is 5.76. The van der Waals surface area contributed by atoms with Crippen molar-refractivity contribution in [2.45, 2.75) is 328 Å². The minimum Gasteiger partial charge on any atom is -0.465 e. The molecule has 0 aliphatic carbocycles. The van der Waals surface area contributed by atoms with E-state index in [0.29, 0.717) is 25.9 Å². The molecule has 6 nitrogen and oxygen atoms in total. The maximum absolute atomic E-state index is 12.5. The lowest BCUT2D eigenvalue weighted by molar-refractivity contribution is -0.143. The highest BCUT2D eigenvalue weighted by Crippen LogP contribution is 2.17. The van der Waals surface area contributed by atoms with Gasteiger partial charge in [0.15, 0.2) is 0 Å². The van der Waals surface area contributed by atoms with Gasteiger partial charge in [-0.2, -0.15) is 0 Å². The van der Waals surface area contributed by atoms with Crippen molar-refractivity contribution >= 4 is 11.9 Å². The van der Waals surface area contributed by atoms with Crippen LogP contribution in [0, 0.1) is 0 Å². The lowest BCUT2D eigenvalue weighted by Crippen LogP contribution is -2.45. The van der Waals surface area contributed by atoms with Crippen molar-refractivity contribution in [3.63, 3.8) is 0 Å². The van der Waals surface area contributed by atoms with Gasteiger partial charge in [0, 0.05) is 12.8 Å². The maximum Gasteiger partial charge on any atom is 0.305 e. The van der Waals surface area contributed by atoms with Crippen LogP contribution in [-0.4, -0.2) is 47.4 Å². The quantitative estimate of drug-likeness (QED) is 0.0321. The average Bonchev–Trinajstić information content (AvgIpc) is 3.33. The summed E-state index contributed by atoms with van der Waals surface area (Å²) in [5.41, 5.74) is 0. The van der Waals surface area contributed by atoms with Crippen LogP contribution in [0.25, 0.3) is 0 Å². The molecule has 394 valence electrons. The zero-order chi connectivity index (χ0) is 48.6. The summed E-state index contributed by atoms with van der Waals surface area (Å²) in [6, 6.07) is -0.546. The molecule has 0 aromatic carbocycles. The molecule has 0 aromatic rings. The van der Waals surface area contributed by atoms with Gasteiger partial charge in [0.25, 0.3) is 0 Å². The van der Waals surface area contributed by atoms with Gasteiger partial charge in [-0.05, 0) is 64.2 Å². The molecule has 0 aliphatic heterocycles. The predicted molar refractivity (Wildman–Crippen MR) is 292 cm³/mol. The van der Waals surface area contributed by atoms with Crippen LogP contribution in [0.5, 0.6) is 0 Å². The van der Waals surface area contributed by atoms with E-state index in [4.69, 9.17) is 4.74 Å². The zero-order valence-corrected chi connectivity index (χ0v) is 44.9. The summed E-state index contributed by atoms with van der Waals surface area (Å²) in [7, 11) is 0. The Balaban J connectivity index is 3.46. The number of aliphatic hydroxyl groups is 2. The van der Waals surface area contributed by atoms with Crippen LogP contribution in [0.15, 0.2) is 36.5 Å². The third-order valence-electron chi connectivity index (χ3n) is 13.7. The number of unbranched alkanes of at least 4 members (excludes halogenated alkanes) is 38. The van der Waals surface area contributed by atoms with E-state index in [1.165, 1.54) is 231 Å². The summed E-state index contributed by atoms with van der Waals surface area (Å²) in [6.07, 6.45) is 70.2. The standard InChI is InChI=1S/C61H115NO5/c1-3-5-7-9-11-13-15-16-17-18-24-27-30-34-37-41-45-49-53-59(64)58(57-63)62-60(65)54-50-46-42-38-35-31-28-25-22-20-19-21-23-26-29-32-36-40-44-48-52-56-67-61(66)55-51-47-43-39-33-14-12-10-8-6-4-2/h10,12,32,36,44,48,58-59,63-64H,3-9,11,13-31,33-35,37-43,45-47,49-57H2,1-2H3,(H,62,65)/b12-10-,36-32-,48-44-. The molecule has 3 N–H and O–H groups in total. The molecule has 2 atom stereocenters. The molecule has 0 saturated heterocycles. The minimum atomic E-state index is -0.668. The Morgan fingerprint density at radius 2 is 0.761 bits per heavy atom. The zero-order valence-electron chi connectivity index (χ0n) is 44.9. The Labute approximate surface area is 417 Å². The Hall–Kier alpha value is -1.92. The van der Waals surface area contributed by atoms with Gasteiger partial charge in [0.2, 0.25) is 5.91 Å². The van der Waals surface area contributed by atoms with E-state index in [1.54, 1.807) is 0 Å². The third-order valence-corrected chi connectivity index (χ3v) is 13.7. The Kier molecular flexibility index (Phi) is 55.0. The van der Waals surface area contributed by atoms with Gasteiger partial charge in [-0.25, -0.2) is 0 Å². The summed E-state index contributed by atoms with van der Waals surface area (Å²) >= 11 is 0. The Morgan fingerprint density at radius 1 is 0.418 bits per heavy atom. The molecule has 67 heavy (non-hydrogen) atoms. The Bertz CT molecular complexity index is 1090. The van der Waals surface area contributed by atoms with Crippen LogP contribution in [0.2, 0.25) is 0 Å². The van der Waals surface area contributed by atoms with E-state index in [-0.39, 0.29) is 18.5 Å². The lowest BCUT2D eigenvalue weighted by atomic mass is 10.0. The fourth-order valence-electron chi connectivity index (χ4n) is 9.11. The van der Waals surface area contributed by atoms with Crippen molar-refractivity contribution in [2.24, 2.45) is 0 Å². The molecule has 0 radical (unpaired) electrons. The van der Waals surface area contributed by atoms with Crippen LogP contribution in [-0.2, 0) is 14.3 Å². The third kappa shape index (κ3) is 53.3. The average molecular weight is 943 g/mol. The van der Waals surface area contributed by atoms with Crippen molar-refractivity contribution in [3.05, 3.63) is 36.5 Å². The van der Waals surface area contributed by atoms with Gasteiger partial charge in [-0.15, -0.1) is 0 Å². The summed E-state index contributed by atoms with van der Waals surface area (Å²) in [6.45, 7) is 4.82. The van der Waals surface area contributed by atoms with E-state index >= 15 is 0 Å². The highest BCUT2D eigenvalue weighted by Gasteiger charge is 2.20. The minimum absolute atomic E-state index is 0.0379. The molecule has 0 spiro atoms. The molecular formula is C61H115NO5. The number of ether oxygens (including phenoxy) is 1. The van der Waals surface area contributed by atoms with Crippen LogP contribution < -0.4 is 5.32 Å². The van der Waals surface area contributed by atoms with Gasteiger partial charge in [-0.1, -0.05) is 275 Å². The van der Waals surface area contributed by atoms with Crippen LogP contribution in [0.3, 0.4) is 0 Å². The topological polar surface area (TPSA) is 95.9 Å². The molecule has 0 aliphatic rings. The van der Waals surface area contributed by atoms with Crippen LogP contribution in [0.1, 0.15) is 316 Å². The number of aliphatic hydroxyl groups excluding tert-OH is 2. The number of esters is 1. The number of carbonyl (C=O) groups is 2. The predicted octanol–water partition coefficient (Wildman–Crippen LogP) is 18.4. The van der Waals surface area contributed by atoms with Crippen molar-refractivity contribution in [1.82, 2.24) is 5.32 Å². The molecule has 0 rings (SSSR count). The number of hydrogen-bond donors (Lipinski definition) is 3. The molecule has 1 amide bonds. The van der Waals surface area contributed by atoms with Crippen LogP contribution in [0.4, 0.5) is 0 Å². The maximum atomic E-state index is 12.5. The lowest BCUT2D eigenvalue weighted by Gasteiger charge is -2.22. The highest BCUT2D eigenvalue weighted by atomic mass is 16.5. The molecule has 0 saturated carbocycles. The van der Waals surface area contributed by atoms with E-state index in [1.807, 2.05) is 0 Å². The number of rotatable bonds is 55. The summed E-state index contributed by atoms with van der Waals surface area (Å²) in [5, 5.41) is 23.3. The van der Waals surface area contributed by atoms with Crippen molar-refractivity contribution in [1.29, 1.82) is 0 Å². The molecule has 0 aromatic heterocycles. The van der Waals surface area contributed by atoms with Crippen molar-refractivity contribution in [3.8, 4) is 0 Å². The van der Waals surface area contributed by atoms with Gasteiger partial charge < -0.3 is 20.3 Å². The first-order chi connectivity index (χ1) is 33.0. The molecule has 2 unspecified atom stereocenters. The molecule has 0 fully saturated rings. The molecular weight excluding hydrogens is 827 g/mol. The van der Waals surface area contributed by atoms with Crippen molar-refractivity contribution in [2.75, 3.05) is 13.2 Å². The first-order valence-electron chi connectivity index (χ1n) is 29.7. The monoisotopic (exact) mass is 942 g/mol. The second-order valence-electron chi connectivity index (χ2n) is 20.3. The van der Waals surface area contributed by atoms with E-state index in [0.717, 1.165) is 51.4 Å². The van der Waals surface area contributed by atoms with Gasteiger partial charge in [0.1, 0.15) is 0 Å². The van der Waals surface area contributed by atoms with Gasteiger partial charge in [-0.3, -0.25) is 9.59 Å². The van der Waals surface area contributed by atoms with Crippen LogP contribution >= 0.6 is 0 Å². The molecule has 0 heterocycles. The van der Waals surface area contributed by atoms with Gasteiger partial charge in [0.05, 0.1) is 25.4 Å². The fourth-order valence-corrected chi connectivity index (χ4v) is 9.11. The van der Waals surface area contributed by atoms with E-state index in [9.17, 15) is 19.8 Å². The molecule has 0 bridgehead atoms. The Morgan fingerprint density at radius 3 is 1.19 bits per heavy atom. The fraction of sp³-hybridized carbons (Fsp3) is 0.869. The number of allylic oxidation sites excluding steroid dienone is 5. The number of amides is 1.